The van der Waals surface area contributed by atoms with Crippen molar-refractivity contribution >= 4 is 17.5 Å². The van der Waals surface area contributed by atoms with Gasteiger partial charge in [0.05, 0.1) is 18.8 Å². The van der Waals surface area contributed by atoms with Gasteiger partial charge in [-0.25, -0.2) is 13.8 Å². The second-order valence-electron chi connectivity index (χ2n) is 6.93. The number of hydrogen-bond acceptors (Lipinski definition) is 4. The number of carbonyl (C=O) groups is 1. The Morgan fingerprint density at radius 2 is 1.79 bits per heavy atom. The summed E-state index contributed by atoms with van der Waals surface area (Å²) in [4.78, 5) is 17.8. The lowest BCUT2D eigenvalue weighted by molar-refractivity contribution is 0.0967. The Bertz CT molecular complexity index is 983. The summed E-state index contributed by atoms with van der Waals surface area (Å²) in [5.74, 6) is -0.840. The first-order valence-electron chi connectivity index (χ1n) is 9.31. The summed E-state index contributed by atoms with van der Waals surface area (Å²) in [6, 6.07) is 12.2. The zero-order valence-electron chi connectivity index (χ0n) is 16.2. The number of nitrogens with zero attached hydrogens (tertiary/aromatic N) is 2. The molecule has 0 aliphatic heterocycles. The zero-order chi connectivity index (χ0) is 21.0. The molecular weight excluding hydrogens is 394 g/mol. The van der Waals surface area contributed by atoms with Crippen molar-refractivity contribution in [2.24, 2.45) is 0 Å². The molecule has 0 atom stereocenters. The van der Waals surface area contributed by atoms with Crippen LogP contribution in [0.1, 0.15) is 41.6 Å². The van der Waals surface area contributed by atoms with Gasteiger partial charge < -0.3 is 9.67 Å². The quantitative estimate of drug-likeness (QED) is 0.533. The highest BCUT2D eigenvalue weighted by Gasteiger charge is 2.22. The number of aliphatic hydroxyl groups is 1. The molecule has 0 bridgehead atoms. The fourth-order valence-corrected chi connectivity index (χ4v) is 4.23. The van der Waals surface area contributed by atoms with E-state index in [4.69, 9.17) is 0 Å². The van der Waals surface area contributed by atoms with Crippen LogP contribution < -0.4 is 0 Å². The minimum absolute atomic E-state index is 0.0270. The van der Waals surface area contributed by atoms with E-state index in [1.54, 1.807) is 28.8 Å². The van der Waals surface area contributed by atoms with Crippen LogP contribution in [0.15, 0.2) is 58.5 Å². The monoisotopic (exact) mass is 416 g/mol. The van der Waals surface area contributed by atoms with Crippen LogP contribution in [0.25, 0.3) is 0 Å². The van der Waals surface area contributed by atoms with Crippen molar-refractivity contribution < 1.29 is 18.7 Å². The number of aliphatic hydroxyl groups excluding tert-OH is 1. The standard InChI is InChI=1S/C22H22F2N2O2S/c1-14(2)21-22(29-18-11-16(23)10-17(24)12-18)26(20(25-21)8-9-27)13-19(28)15-6-4-3-5-7-15/h3-7,10-12,14,27H,8-9,13H2,1-2H3. The average Bonchev–Trinajstić information content (AvgIpc) is 2.99. The van der Waals surface area contributed by atoms with Crippen molar-refractivity contribution in [1.82, 2.24) is 9.55 Å². The Morgan fingerprint density at radius 3 is 2.38 bits per heavy atom. The first-order chi connectivity index (χ1) is 13.9. The number of halogens is 2. The molecule has 0 aliphatic carbocycles. The molecule has 2 aromatic carbocycles. The van der Waals surface area contributed by atoms with Crippen LogP contribution in [0.3, 0.4) is 0 Å². The molecular formula is C22H22F2N2O2S. The van der Waals surface area contributed by atoms with Crippen molar-refractivity contribution in [2.45, 2.75) is 42.7 Å². The summed E-state index contributed by atoms with van der Waals surface area (Å²) < 4.78 is 29.1. The SMILES string of the molecule is CC(C)c1nc(CCO)n(CC(=O)c2ccccc2)c1Sc1cc(F)cc(F)c1. The normalized spacial score (nSPS) is 11.2. The van der Waals surface area contributed by atoms with Crippen LogP contribution in [0.4, 0.5) is 8.78 Å². The number of Topliss-reactive ketones (excluding diaryl/α,β-unsaturated/α-hetero) is 1. The van der Waals surface area contributed by atoms with E-state index >= 15 is 0 Å². The topological polar surface area (TPSA) is 55.1 Å². The van der Waals surface area contributed by atoms with Gasteiger partial charge in [-0.3, -0.25) is 4.79 Å². The Balaban J connectivity index is 2.05. The van der Waals surface area contributed by atoms with Gasteiger partial charge in [-0.1, -0.05) is 55.9 Å². The lowest BCUT2D eigenvalue weighted by Crippen LogP contribution is -2.15. The highest BCUT2D eigenvalue weighted by molar-refractivity contribution is 7.99. The third kappa shape index (κ3) is 5.10. The predicted molar refractivity (Wildman–Crippen MR) is 108 cm³/mol. The van der Waals surface area contributed by atoms with Crippen LogP contribution in [0, 0.1) is 11.6 Å². The van der Waals surface area contributed by atoms with Crippen LogP contribution in [0.2, 0.25) is 0 Å². The van der Waals surface area contributed by atoms with E-state index in [2.05, 4.69) is 4.98 Å². The minimum Gasteiger partial charge on any atom is -0.396 e. The van der Waals surface area contributed by atoms with Crippen molar-refractivity contribution in [3.63, 3.8) is 0 Å². The highest BCUT2D eigenvalue weighted by atomic mass is 32.2. The fraction of sp³-hybridized carbons (Fsp3) is 0.273. The summed E-state index contributed by atoms with van der Waals surface area (Å²) in [5.41, 5.74) is 1.29. The molecule has 0 fully saturated rings. The number of carbonyl (C=O) groups excluding carboxylic acids is 1. The molecule has 4 nitrogen and oxygen atoms in total. The van der Waals surface area contributed by atoms with Gasteiger partial charge >= 0.3 is 0 Å². The lowest BCUT2D eigenvalue weighted by atomic mass is 10.1. The van der Waals surface area contributed by atoms with Gasteiger partial charge in [-0.15, -0.1) is 0 Å². The maximum absolute atomic E-state index is 13.7. The molecule has 0 radical (unpaired) electrons. The predicted octanol–water partition coefficient (Wildman–Crippen LogP) is 4.85. The van der Waals surface area contributed by atoms with Crippen molar-refractivity contribution in [3.05, 3.63) is 77.2 Å². The molecule has 0 saturated carbocycles. The van der Waals surface area contributed by atoms with E-state index in [0.717, 1.165) is 11.8 Å². The van der Waals surface area contributed by atoms with E-state index < -0.39 is 11.6 Å². The molecule has 3 rings (SSSR count). The van der Waals surface area contributed by atoms with Crippen molar-refractivity contribution in [1.29, 1.82) is 0 Å². The van der Waals surface area contributed by atoms with Gasteiger partial charge in [0.15, 0.2) is 5.78 Å². The van der Waals surface area contributed by atoms with Gasteiger partial charge in [0.2, 0.25) is 0 Å². The van der Waals surface area contributed by atoms with E-state index in [1.807, 2.05) is 19.9 Å². The van der Waals surface area contributed by atoms with Crippen LogP contribution >= 0.6 is 11.8 Å². The second kappa shape index (κ2) is 9.33. The molecule has 152 valence electrons. The van der Waals surface area contributed by atoms with E-state index in [1.165, 1.54) is 23.9 Å². The summed E-state index contributed by atoms with van der Waals surface area (Å²) >= 11 is 1.17. The van der Waals surface area contributed by atoms with Crippen LogP contribution in [0.5, 0.6) is 0 Å². The number of ketones is 1. The number of aromatic nitrogens is 2. The molecule has 0 saturated heterocycles. The molecule has 1 N–H and O–H groups in total. The highest BCUT2D eigenvalue weighted by Crippen LogP contribution is 2.36. The lowest BCUT2D eigenvalue weighted by Gasteiger charge is -2.13. The van der Waals surface area contributed by atoms with Gasteiger partial charge in [-0.2, -0.15) is 0 Å². The van der Waals surface area contributed by atoms with Crippen LogP contribution in [-0.4, -0.2) is 27.0 Å². The maximum atomic E-state index is 13.7. The van der Waals surface area contributed by atoms with Crippen molar-refractivity contribution in [2.75, 3.05) is 6.61 Å². The number of imidazole rings is 1. The fourth-order valence-electron chi connectivity index (χ4n) is 3.00. The van der Waals surface area contributed by atoms with Gasteiger partial charge in [0.1, 0.15) is 22.5 Å². The Morgan fingerprint density at radius 1 is 1.14 bits per heavy atom. The van der Waals surface area contributed by atoms with Gasteiger partial charge in [0.25, 0.3) is 0 Å². The molecule has 1 heterocycles. The number of rotatable bonds is 8. The van der Waals surface area contributed by atoms with Gasteiger partial charge in [0, 0.05) is 22.9 Å². The van der Waals surface area contributed by atoms with Gasteiger partial charge in [-0.05, 0) is 18.1 Å². The smallest absolute Gasteiger partial charge is 0.182 e. The number of hydrogen-bond donors (Lipinski definition) is 1. The Kier molecular flexibility index (Phi) is 6.82. The molecule has 0 unspecified atom stereocenters. The summed E-state index contributed by atoms with van der Waals surface area (Å²) in [7, 11) is 0. The number of benzene rings is 2. The molecule has 29 heavy (non-hydrogen) atoms. The Labute approximate surface area is 172 Å². The van der Waals surface area contributed by atoms with E-state index in [9.17, 15) is 18.7 Å². The average molecular weight is 416 g/mol. The summed E-state index contributed by atoms with van der Waals surface area (Å²) in [5, 5.41) is 10.1. The molecule has 0 amide bonds. The molecule has 3 aromatic rings. The Hall–Kier alpha value is -2.51. The van der Waals surface area contributed by atoms with E-state index in [0.29, 0.717) is 21.3 Å². The molecule has 7 heteroatoms. The maximum Gasteiger partial charge on any atom is 0.182 e. The first-order valence-corrected chi connectivity index (χ1v) is 10.1. The summed E-state index contributed by atoms with van der Waals surface area (Å²) in [6.45, 7) is 3.83. The first kappa shape index (κ1) is 21.2. The second-order valence-corrected chi connectivity index (χ2v) is 7.99. The largest absolute Gasteiger partial charge is 0.396 e. The van der Waals surface area contributed by atoms with E-state index in [-0.39, 0.29) is 31.3 Å². The molecule has 0 aliphatic rings. The third-order valence-electron chi connectivity index (χ3n) is 4.36. The van der Waals surface area contributed by atoms with Crippen molar-refractivity contribution in [3.8, 4) is 0 Å². The zero-order valence-corrected chi connectivity index (χ0v) is 17.0. The third-order valence-corrected chi connectivity index (χ3v) is 5.45. The van der Waals surface area contributed by atoms with Crippen LogP contribution in [-0.2, 0) is 13.0 Å². The molecule has 0 spiro atoms. The summed E-state index contributed by atoms with van der Waals surface area (Å²) in [6.07, 6.45) is 0.278. The minimum atomic E-state index is -0.666. The molecule has 1 aromatic heterocycles.